The van der Waals surface area contributed by atoms with Gasteiger partial charge in [-0.05, 0) is 70.0 Å². The lowest BCUT2D eigenvalue weighted by molar-refractivity contribution is 0.0890. The molecule has 1 aromatic carbocycles. The zero-order chi connectivity index (χ0) is 18.8. The van der Waals surface area contributed by atoms with Crippen molar-refractivity contribution in [3.05, 3.63) is 36.5 Å². The molecule has 1 aromatic rings. The topological polar surface area (TPSA) is 51.1 Å². The van der Waals surface area contributed by atoms with Crippen molar-refractivity contribution in [3.63, 3.8) is 0 Å². The van der Waals surface area contributed by atoms with Gasteiger partial charge in [-0.2, -0.15) is 0 Å². The van der Waals surface area contributed by atoms with Crippen molar-refractivity contribution < 1.29 is 13.7 Å². The molecule has 6 heteroatoms. The Morgan fingerprint density at radius 3 is 2.44 bits per heavy atom. The van der Waals surface area contributed by atoms with Gasteiger partial charge in [-0.1, -0.05) is 0 Å². The molecule has 0 spiro atoms. The zero-order valence-electron chi connectivity index (χ0n) is 16.0. The highest BCUT2D eigenvalue weighted by atomic mass is 32.2. The average Bonchev–Trinajstić information content (AvgIpc) is 3.52. The number of hydrogen-bond donors (Lipinski definition) is 0. The molecule has 0 amide bonds. The molecule has 5 nitrogen and oxygen atoms in total. The summed E-state index contributed by atoms with van der Waals surface area (Å²) in [5, 5.41) is 0.355. The molecule has 1 saturated heterocycles. The van der Waals surface area contributed by atoms with E-state index in [1.54, 1.807) is 6.20 Å². The Hall–Kier alpha value is -1.66. The van der Waals surface area contributed by atoms with Crippen LogP contribution in [-0.2, 0) is 15.5 Å². The first-order chi connectivity index (χ1) is 13.1. The molecule has 0 N–H and O–H groups in total. The lowest BCUT2D eigenvalue weighted by atomic mass is 10.0. The third-order valence-electron chi connectivity index (χ3n) is 5.47. The number of hydrogen-bond acceptors (Lipinski definition) is 5. The molecule has 1 saturated carbocycles. The quantitative estimate of drug-likeness (QED) is 0.776. The lowest BCUT2D eigenvalue weighted by Gasteiger charge is -2.32. The van der Waals surface area contributed by atoms with E-state index in [1.807, 2.05) is 30.3 Å². The van der Waals surface area contributed by atoms with Crippen LogP contribution in [0.3, 0.4) is 0 Å². The Kier molecular flexibility index (Phi) is 5.64. The van der Waals surface area contributed by atoms with Gasteiger partial charge < -0.3 is 14.4 Å². The third-order valence-corrected chi connectivity index (χ3v) is 7.28. The first-order valence-electron chi connectivity index (χ1n) is 9.87. The number of piperidine rings is 1. The highest BCUT2D eigenvalue weighted by molar-refractivity contribution is 7.86. The van der Waals surface area contributed by atoms with Crippen molar-refractivity contribution >= 4 is 16.7 Å². The molecule has 4 rings (SSSR count). The molecule has 0 aromatic heterocycles. The van der Waals surface area contributed by atoms with E-state index < -0.39 is 10.8 Å². The molecule has 3 aliphatic rings. The molecule has 3 unspecified atom stereocenters. The van der Waals surface area contributed by atoms with E-state index in [0.717, 1.165) is 55.3 Å². The normalized spacial score (nSPS) is 27.9. The lowest BCUT2D eigenvalue weighted by Crippen LogP contribution is -2.39. The van der Waals surface area contributed by atoms with Crippen LogP contribution in [0.25, 0.3) is 0 Å². The minimum atomic E-state index is -0.871. The summed E-state index contributed by atoms with van der Waals surface area (Å²) in [7, 11) is 1.28. The Labute approximate surface area is 163 Å². The summed E-state index contributed by atoms with van der Waals surface area (Å²) >= 11 is 0. The van der Waals surface area contributed by atoms with Crippen LogP contribution in [0.15, 0.2) is 46.4 Å². The molecule has 0 bridgehead atoms. The monoisotopic (exact) mass is 388 g/mol. The minimum absolute atomic E-state index is 0.0647. The fraction of sp³-hybridized carbons (Fsp3) is 0.571. The maximum absolute atomic E-state index is 12.2. The summed E-state index contributed by atoms with van der Waals surface area (Å²) in [5.74, 6) is 1.62. The number of ether oxygens (including phenoxy) is 2. The maximum Gasteiger partial charge on any atom is 0.195 e. The average molecular weight is 389 g/mol. The molecule has 146 valence electrons. The number of benzene rings is 1. The Morgan fingerprint density at radius 2 is 1.78 bits per heavy atom. The van der Waals surface area contributed by atoms with E-state index in [0.29, 0.717) is 5.25 Å². The molecule has 2 aliphatic heterocycles. The van der Waals surface area contributed by atoms with Crippen molar-refractivity contribution in [3.8, 4) is 5.75 Å². The second-order valence-electron chi connectivity index (χ2n) is 7.77. The van der Waals surface area contributed by atoms with E-state index in [9.17, 15) is 4.21 Å². The highest BCUT2D eigenvalue weighted by Crippen LogP contribution is 2.31. The molecule has 0 radical (unpaired) electrons. The number of aliphatic imine (C=N–C) groups is 1. The van der Waals surface area contributed by atoms with E-state index in [2.05, 4.69) is 23.9 Å². The fourth-order valence-electron chi connectivity index (χ4n) is 3.46. The summed E-state index contributed by atoms with van der Waals surface area (Å²) in [5.41, 5.74) is 0. The predicted molar refractivity (Wildman–Crippen MR) is 108 cm³/mol. The van der Waals surface area contributed by atoms with Gasteiger partial charge in [0, 0.05) is 29.4 Å². The number of rotatable bonds is 5. The van der Waals surface area contributed by atoms with Crippen molar-refractivity contribution in [2.75, 3.05) is 20.1 Å². The first kappa shape index (κ1) is 18.7. The van der Waals surface area contributed by atoms with Gasteiger partial charge >= 0.3 is 0 Å². The Balaban J connectivity index is 1.34. The SMILES string of the molecule is CC1C(OC2CCN(C)CC2)=NC=CC1Oc1ccc(S(=O)C2CC2)cc1. The molecular formula is C21H28N2O3S. The summed E-state index contributed by atoms with van der Waals surface area (Å²) < 4.78 is 24.6. The van der Waals surface area contributed by atoms with Crippen LogP contribution in [0, 0.1) is 5.92 Å². The fourth-order valence-corrected chi connectivity index (χ4v) is 4.82. The van der Waals surface area contributed by atoms with Gasteiger partial charge in [0.15, 0.2) is 5.90 Å². The van der Waals surface area contributed by atoms with Crippen LogP contribution >= 0.6 is 0 Å². The van der Waals surface area contributed by atoms with Crippen molar-refractivity contribution in [2.45, 2.75) is 55.0 Å². The minimum Gasteiger partial charge on any atom is -0.485 e. The van der Waals surface area contributed by atoms with Crippen LogP contribution in [0.4, 0.5) is 0 Å². The molecule has 2 heterocycles. The van der Waals surface area contributed by atoms with Gasteiger partial charge in [0.1, 0.15) is 18.0 Å². The van der Waals surface area contributed by atoms with E-state index in [4.69, 9.17) is 9.47 Å². The van der Waals surface area contributed by atoms with Crippen molar-refractivity contribution in [1.29, 1.82) is 0 Å². The molecule has 3 atom stereocenters. The molecule has 1 aliphatic carbocycles. The van der Waals surface area contributed by atoms with Gasteiger partial charge in [0.25, 0.3) is 0 Å². The largest absolute Gasteiger partial charge is 0.485 e. The summed E-state index contributed by atoms with van der Waals surface area (Å²) in [6.07, 6.45) is 8.13. The van der Waals surface area contributed by atoms with Crippen molar-refractivity contribution in [2.24, 2.45) is 10.9 Å². The standard InChI is InChI=1S/C21H28N2O3S/c1-15-20(9-12-22-21(15)26-17-10-13-23(2)14-11-17)25-16-3-5-18(6-4-16)27(24)19-7-8-19/h3-6,9,12,15,17,19-20H,7-8,10-11,13-14H2,1-2H3. The summed E-state index contributed by atoms with van der Waals surface area (Å²) in [4.78, 5) is 7.68. The molecular weight excluding hydrogens is 360 g/mol. The van der Waals surface area contributed by atoms with E-state index in [1.165, 1.54) is 0 Å². The van der Waals surface area contributed by atoms with Gasteiger partial charge in [-0.15, -0.1) is 0 Å². The Bertz CT molecular complexity index is 734. The second-order valence-corrected chi connectivity index (χ2v) is 9.50. The summed E-state index contributed by atoms with van der Waals surface area (Å²) in [6.45, 7) is 4.23. The van der Waals surface area contributed by atoms with Crippen LogP contribution < -0.4 is 4.74 Å². The van der Waals surface area contributed by atoms with E-state index >= 15 is 0 Å². The van der Waals surface area contributed by atoms with Gasteiger partial charge in [-0.3, -0.25) is 4.21 Å². The van der Waals surface area contributed by atoms with Crippen LogP contribution in [-0.4, -0.2) is 52.6 Å². The smallest absolute Gasteiger partial charge is 0.195 e. The maximum atomic E-state index is 12.2. The van der Waals surface area contributed by atoms with Crippen LogP contribution in [0.1, 0.15) is 32.6 Å². The first-order valence-corrected chi connectivity index (χ1v) is 11.1. The molecule has 2 fully saturated rings. The zero-order valence-corrected chi connectivity index (χ0v) is 16.9. The van der Waals surface area contributed by atoms with E-state index in [-0.39, 0.29) is 18.1 Å². The molecule has 27 heavy (non-hydrogen) atoms. The Morgan fingerprint density at radius 1 is 1.07 bits per heavy atom. The van der Waals surface area contributed by atoms with Gasteiger partial charge in [0.2, 0.25) is 0 Å². The highest BCUT2D eigenvalue weighted by Gasteiger charge is 2.30. The number of nitrogens with zero attached hydrogens (tertiary/aromatic N) is 2. The van der Waals surface area contributed by atoms with Gasteiger partial charge in [0.05, 0.1) is 16.7 Å². The summed E-state index contributed by atoms with van der Waals surface area (Å²) in [6, 6.07) is 7.68. The third kappa shape index (κ3) is 4.61. The predicted octanol–water partition coefficient (Wildman–Crippen LogP) is 3.38. The number of likely N-dealkylation sites (tertiary alicyclic amines) is 1. The van der Waals surface area contributed by atoms with Crippen LogP contribution in [0.5, 0.6) is 5.75 Å². The van der Waals surface area contributed by atoms with Crippen LogP contribution in [0.2, 0.25) is 0 Å². The van der Waals surface area contributed by atoms with Crippen molar-refractivity contribution in [1.82, 2.24) is 4.90 Å². The van der Waals surface area contributed by atoms with Gasteiger partial charge in [-0.25, -0.2) is 4.99 Å². The second kappa shape index (κ2) is 8.15.